The fraction of sp³-hybridized carbons (Fsp3) is 0.227. The van der Waals surface area contributed by atoms with Gasteiger partial charge in [0.2, 0.25) is 0 Å². The van der Waals surface area contributed by atoms with E-state index in [1.165, 1.54) is 11.5 Å². The van der Waals surface area contributed by atoms with Gasteiger partial charge in [-0.3, -0.25) is 4.68 Å². The Balaban J connectivity index is 1.47. The molecule has 0 spiro atoms. The highest BCUT2D eigenvalue weighted by Gasteiger charge is 2.20. The minimum absolute atomic E-state index is 0.385. The van der Waals surface area contributed by atoms with Crippen molar-refractivity contribution in [3.05, 3.63) is 48.2 Å². The van der Waals surface area contributed by atoms with Crippen LogP contribution in [0.1, 0.15) is 18.9 Å². The van der Waals surface area contributed by atoms with Crippen LogP contribution in [0.25, 0.3) is 44.3 Å². The van der Waals surface area contributed by atoms with E-state index in [-0.39, 0.29) is 0 Å². The number of pyridine rings is 1. The number of anilines is 1. The topological polar surface area (TPSA) is 94.8 Å². The molecule has 0 bridgehead atoms. The van der Waals surface area contributed by atoms with E-state index < -0.39 is 0 Å². The van der Waals surface area contributed by atoms with Crippen molar-refractivity contribution in [2.24, 2.45) is 0 Å². The van der Waals surface area contributed by atoms with Gasteiger partial charge in [0.25, 0.3) is 0 Å². The van der Waals surface area contributed by atoms with Crippen LogP contribution in [0.3, 0.4) is 0 Å². The number of nitrogens with zero attached hydrogens (tertiary/aromatic N) is 4. The molecule has 1 aliphatic rings. The molecule has 8 heteroatoms. The lowest BCUT2D eigenvalue weighted by Gasteiger charge is -2.22. The van der Waals surface area contributed by atoms with Crippen LogP contribution in [0.2, 0.25) is 0 Å². The summed E-state index contributed by atoms with van der Waals surface area (Å²) in [4.78, 5) is 4.39. The summed E-state index contributed by atoms with van der Waals surface area (Å²) in [7, 11) is 0. The Kier molecular flexibility index (Phi) is 4.07. The molecule has 1 saturated heterocycles. The fourth-order valence-corrected chi connectivity index (χ4v) is 4.91. The molecule has 30 heavy (non-hydrogen) atoms. The fourth-order valence-electron chi connectivity index (χ4n) is 4.25. The lowest BCUT2D eigenvalue weighted by Crippen LogP contribution is -2.29. The summed E-state index contributed by atoms with van der Waals surface area (Å²) >= 11 is 1.44. The van der Waals surface area contributed by atoms with Crippen LogP contribution in [0.5, 0.6) is 0 Å². The molecule has 5 heterocycles. The molecule has 0 radical (unpaired) electrons. The second-order valence-corrected chi connectivity index (χ2v) is 8.29. The highest BCUT2D eigenvalue weighted by Crippen LogP contribution is 2.38. The first kappa shape index (κ1) is 17.6. The van der Waals surface area contributed by atoms with Crippen molar-refractivity contribution in [3.63, 3.8) is 0 Å². The maximum Gasteiger partial charge on any atom is 0.177 e. The molecule has 1 aromatic carbocycles. The van der Waals surface area contributed by atoms with Crippen molar-refractivity contribution in [2.75, 3.05) is 18.8 Å². The van der Waals surface area contributed by atoms with Crippen molar-refractivity contribution >= 4 is 39.2 Å². The van der Waals surface area contributed by atoms with Crippen LogP contribution >= 0.6 is 11.5 Å². The van der Waals surface area contributed by atoms with Gasteiger partial charge in [-0.05, 0) is 49.6 Å². The second-order valence-electron chi connectivity index (χ2n) is 7.66. The molecule has 0 saturated carbocycles. The van der Waals surface area contributed by atoms with E-state index >= 15 is 0 Å². The molecule has 0 amide bonds. The lowest BCUT2D eigenvalue weighted by molar-refractivity contribution is 0.343. The van der Waals surface area contributed by atoms with E-state index in [2.05, 4.69) is 36.7 Å². The second kappa shape index (κ2) is 6.93. The van der Waals surface area contributed by atoms with Crippen molar-refractivity contribution in [1.82, 2.24) is 24.5 Å². The number of rotatable bonds is 3. The summed E-state index contributed by atoms with van der Waals surface area (Å²) in [5.74, 6) is 1.13. The highest BCUT2D eigenvalue weighted by molar-refractivity contribution is 7.04. The van der Waals surface area contributed by atoms with E-state index in [1.54, 1.807) is 0 Å². The quantitative estimate of drug-likeness (QED) is 0.450. The number of furan rings is 1. The van der Waals surface area contributed by atoms with Gasteiger partial charge in [-0.2, -0.15) is 9.47 Å². The van der Waals surface area contributed by atoms with Crippen LogP contribution in [-0.2, 0) is 0 Å². The first-order valence-corrected chi connectivity index (χ1v) is 10.9. The van der Waals surface area contributed by atoms with Gasteiger partial charge in [-0.25, -0.2) is 4.98 Å². The predicted octanol–water partition coefficient (Wildman–Crippen LogP) is 4.47. The minimum Gasteiger partial charge on any atom is -0.452 e. The molecular formula is C22H20N6OS. The molecule has 7 nitrogen and oxygen atoms in total. The number of fused-ring (bicyclic) bond motifs is 2. The largest absolute Gasteiger partial charge is 0.452 e. The Morgan fingerprint density at radius 1 is 1.17 bits per heavy atom. The molecule has 0 aliphatic carbocycles. The normalized spacial score (nSPS) is 15.3. The van der Waals surface area contributed by atoms with E-state index in [0.717, 1.165) is 64.7 Å². The number of hydrogen-bond donors (Lipinski definition) is 2. The van der Waals surface area contributed by atoms with Crippen molar-refractivity contribution < 1.29 is 4.42 Å². The van der Waals surface area contributed by atoms with Crippen LogP contribution in [0.15, 0.2) is 52.7 Å². The SMILES string of the molecule is Nc1ncc(-c2cnn(C3CCNCC3)c2)c2cc(-c3cccc4csnc34)oc12. The smallest absolute Gasteiger partial charge is 0.177 e. The Hall–Kier alpha value is -3.23. The van der Waals surface area contributed by atoms with E-state index in [9.17, 15) is 0 Å². The average molecular weight is 417 g/mol. The molecule has 1 aliphatic heterocycles. The van der Waals surface area contributed by atoms with Gasteiger partial charge in [0.15, 0.2) is 11.4 Å². The van der Waals surface area contributed by atoms with Gasteiger partial charge in [0.1, 0.15) is 5.76 Å². The minimum atomic E-state index is 0.385. The van der Waals surface area contributed by atoms with Crippen molar-refractivity contribution in [2.45, 2.75) is 18.9 Å². The monoisotopic (exact) mass is 416 g/mol. The molecule has 4 aromatic heterocycles. The number of aromatic nitrogens is 4. The van der Waals surface area contributed by atoms with Gasteiger partial charge in [-0.1, -0.05) is 12.1 Å². The predicted molar refractivity (Wildman–Crippen MR) is 119 cm³/mol. The van der Waals surface area contributed by atoms with Gasteiger partial charge in [-0.15, -0.1) is 0 Å². The highest BCUT2D eigenvalue weighted by atomic mass is 32.1. The molecule has 3 N–H and O–H groups in total. The number of benzene rings is 1. The molecule has 1 fully saturated rings. The summed E-state index contributed by atoms with van der Waals surface area (Å²) in [5, 5.41) is 12.1. The number of piperidine rings is 1. The Bertz CT molecular complexity index is 1360. The number of hydrogen-bond acceptors (Lipinski definition) is 7. The van der Waals surface area contributed by atoms with Crippen LogP contribution in [-0.4, -0.2) is 32.2 Å². The van der Waals surface area contributed by atoms with E-state index in [4.69, 9.17) is 10.2 Å². The van der Waals surface area contributed by atoms with Crippen LogP contribution in [0.4, 0.5) is 5.82 Å². The molecule has 150 valence electrons. The maximum atomic E-state index is 6.19. The zero-order valence-electron chi connectivity index (χ0n) is 16.2. The number of nitrogens with two attached hydrogens (primary N) is 1. The van der Waals surface area contributed by atoms with Gasteiger partial charge >= 0.3 is 0 Å². The van der Waals surface area contributed by atoms with Crippen LogP contribution < -0.4 is 11.1 Å². The third-order valence-corrected chi connectivity index (χ3v) is 6.49. The summed E-state index contributed by atoms with van der Waals surface area (Å²) in [6, 6.07) is 8.57. The van der Waals surface area contributed by atoms with E-state index in [0.29, 0.717) is 17.4 Å². The third kappa shape index (κ3) is 2.79. The van der Waals surface area contributed by atoms with Crippen LogP contribution in [0, 0.1) is 0 Å². The van der Waals surface area contributed by atoms with Gasteiger partial charge in [0.05, 0.1) is 17.8 Å². The summed E-state index contributed by atoms with van der Waals surface area (Å²) < 4.78 is 12.8. The molecule has 5 aromatic rings. The zero-order chi connectivity index (χ0) is 20.1. The zero-order valence-corrected chi connectivity index (χ0v) is 17.0. The van der Waals surface area contributed by atoms with Gasteiger partial charge in [0, 0.05) is 45.2 Å². The summed E-state index contributed by atoms with van der Waals surface area (Å²) in [5.41, 5.74) is 10.7. The first-order chi connectivity index (χ1) is 14.8. The van der Waals surface area contributed by atoms with Crippen molar-refractivity contribution in [1.29, 1.82) is 0 Å². The Labute approximate surface area is 176 Å². The number of nitrogens with one attached hydrogen (secondary N) is 1. The first-order valence-electron chi connectivity index (χ1n) is 10.0. The standard InChI is InChI=1S/C22H20N6OS/c23-22-21-17(8-19(29-21)16-3-1-2-13-12-30-27-20(13)16)18(10-25-22)14-9-26-28(11-14)15-4-6-24-7-5-15/h1-3,8-12,15,24H,4-7H2,(H2,23,25). The molecule has 0 atom stereocenters. The van der Waals surface area contributed by atoms with Gasteiger partial charge < -0.3 is 15.5 Å². The average Bonchev–Trinajstić information content (AvgIpc) is 3.53. The third-order valence-electron chi connectivity index (χ3n) is 5.84. The Morgan fingerprint density at radius 2 is 2.07 bits per heavy atom. The Morgan fingerprint density at radius 3 is 2.97 bits per heavy atom. The van der Waals surface area contributed by atoms with E-state index in [1.807, 2.05) is 36.0 Å². The maximum absolute atomic E-state index is 6.19. The number of nitrogen functional groups attached to an aromatic ring is 1. The van der Waals surface area contributed by atoms with Crippen molar-refractivity contribution in [3.8, 4) is 22.5 Å². The lowest BCUT2D eigenvalue weighted by atomic mass is 10.1. The molecule has 6 rings (SSSR count). The molecular weight excluding hydrogens is 396 g/mol. The summed E-state index contributed by atoms with van der Waals surface area (Å²) in [6.45, 7) is 2.06. The summed E-state index contributed by atoms with van der Waals surface area (Å²) in [6.07, 6.45) is 8.00. The molecule has 0 unspecified atom stereocenters.